The predicted octanol–water partition coefficient (Wildman–Crippen LogP) is 1.73. The summed E-state index contributed by atoms with van der Waals surface area (Å²) < 4.78 is 0. The van der Waals surface area contributed by atoms with Crippen molar-refractivity contribution in [1.82, 2.24) is 4.98 Å². The third-order valence-corrected chi connectivity index (χ3v) is 2.61. The quantitative estimate of drug-likeness (QED) is 0.626. The van der Waals surface area contributed by atoms with E-state index in [4.69, 9.17) is 5.73 Å². The smallest absolute Gasteiger partial charge is 0.227 e. The number of thiazole rings is 1. The average Bonchev–Trinajstić information content (AvgIpc) is 2.08. The van der Waals surface area contributed by atoms with Crippen molar-refractivity contribution in [1.29, 1.82) is 0 Å². The highest BCUT2D eigenvalue weighted by molar-refractivity contribution is 7.15. The first-order valence-corrected chi connectivity index (χ1v) is 4.18. The van der Waals surface area contributed by atoms with Gasteiger partial charge in [-0.2, -0.15) is 4.98 Å². The van der Waals surface area contributed by atoms with E-state index in [0.717, 1.165) is 4.88 Å². The molecule has 1 aromatic rings. The Balaban J connectivity index is 3.13. The Morgan fingerprint density at radius 1 is 1.45 bits per heavy atom. The number of nitrogens with zero attached hydrogens (tertiary/aromatic N) is 1. The molecule has 0 bridgehead atoms. The molecule has 0 aliphatic carbocycles. The molecule has 0 unspecified atom stereocenters. The van der Waals surface area contributed by atoms with E-state index in [1.54, 1.807) is 0 Å². The number of hydrogen-bond donors (Lipinski definition) is 2. The van der Waals surface area contributed by atoms with Crippen LogP contribution in [0.2, 0.25) is 0 Å². The lowest BCUT2D eigenvalue weighted by molar-refractivity contribution is 0.435. The largest absolute Gasteiger partial charge is 0.492 e. The van der Waals surface area contributed by atoms with E-state index in [1.807, 2.05) is 20.8 Å². The molecule has 0 spiro atoms. The molecular weight excluding hydrogens is 160 g/mol. The summed E-state index contributed by atoms with van der Waals surface area (Å²) in [6.07, 6.45) is 0. The number of nitrogen functional groups attached to an aromatic ring is 1. The molecule has 11 heavy (non-hydrogen) atoms. The van der Waals surface area contributed by atoms with Gasteiger partial charge in [0.25, 0.3) is 0 Å². The standard InChI is InChI=1S/C7H12N2OS/c1-7(2,3)4-5(10)9-6(8)11-4/h10H,1-3H3,(H2,8,9). The summed E-state index contributed by atoms with van der Waals surface area (Å²) in [4.78, 5) is 4.57. The van der Waals surface area contributed by atoms with Crippen molar-refractivity contribution in [2.75, 3.05) is 5.73 Å². The molecule has 0 aliphatic rings. The summed E-state index contributed by atoms with van der Waals surface area (Å²) in [6.45, 7) is 6.04. The van der Waals surface area contributed by atoms with E-state index in [0.29, 0.717) is 5.13 Å². The molecule has 0 radical (unpaired) electrons. The van der Waals surface area contributed by atoms with Gasteiger partial charge in [0.05, 0.1) is 4.88 Å². The lowest BCUT2D eigenvalue weighted by atomic mass is 9.95. The van der Waals surface area contributed by atoms with Gasteiger partial charge in [-0.05, 0) is 0 Å². The summed E-state index contributed by atoms with van der Waals surface area (Å²) in [5, 5.41) is 9.71. The summed E-state index contributed by atoms with van der Waals surface area (Å²) in [6, 6.07) is 0. The minimum absolute atomic E-state index is 0.0694. The van der Waals surface area contributed by atoms with Gasteiger partial charge in [-0.25, -0.2) is 0 Å². The Bertz CT molecular complexity index is 262. The van der Waals surface area contributed by atoms with Crippen LogP contribution in [-0.2, 0) is 5.41 Å². The molecule has 0 aromatic carbocycles. The molecule has 4 heteroatoms. The van der Waals surface area contributed by atoms with Gasteiger partial charge in [0, 0.05) is 5.41 Å². The van der Waals surface area contributed by atoms with Crippen LogP contribution in [0.1, 0.15) is 25.6 Å². The average molecular weight is 172 g/mol. The zero-order valence-corrected chi connectivity index (χ0v) is 7.70. The first-order valence-electron chi connectivity index (χ1n) is 3.37. The SMILES string of the molecule is CC(C)(C)c1sc(N)nc1O. The van der Waals surface area contributed by atoms with Crippen molar-refractivity contribution >= 4 is 16.5 Å². The molecule has 3 N–H and O–H groups in total. The lowest BCUT2D eigenvalue weighted by Gasteiger charge is -2.14. The minimum Gasteiger partial charge on any atom is -0.492 e. The Morgan fingerprint density at radius 3 is 2.18 bits per heavy atom. The highest BCUT2D eigenvalue weighted by Crippen LogP contribution is 2.36. The third kappa shape index (κ3) is 1.63. The van der Waals surface area contributed by atoms with Crippen LogP contribution in [-0.4, -0.2) is 10.1 Å². The van der Waals surface area contributed by atoms with Crippen LogP contribution in [0.25, 0.3) is 0 Å². The summed E-state index contributed by atoms with van der Waals surface area (Å²) in [7, 11) is 0. The molecule has 1 rings (SSSR count). The van der Waals surface area contributed by atoms with Gasteiger partial charge in [0.2, 0.25) is 5.88 Å². The molecule has 0 fully saturated rings. The maximum Gasteiger partial charge on any atom is 0.227 e. The first kappa shape index (κ1) is 8.33. The van der Waals surface area contributed by atoms with Gasteiger partial charge in [-0.15, -0.1) is 0 Å². The number of aromatic nitrogens is 1. The van der Waals surface area contributed by atoms with Crippen LogP contribution < -0.4 is 5.73 Å². The van der Waals surface area contributed by atoms with Crippen molar-refractivity contribution in [3.63, 3.8) is 0 Å². The summed E-state index contributed by atoms with van der Waals surface area (Å²) in [5.41, 5.74) is 5.35. The first-order chi connectivity index (χ1) is 4.91. The fourth-order valence-electron chi connectivity index (χ4n) is 0.817. The normalized spacial score (nSPS) is 11.9. The van der Waals surface area contributed by atoms with Gasteiger partial charge in [0.1, 0.15) is 0 Å². The van der Waals surface area contributed by atoms with Gasteiger partial charge in [-0.1, -0.05) is 32.1 Å². The van der Waals surface area contributed by atoms with E-state index in [9.17, 15) is 5.11 Å². The monoisotopic (exact) mass is 172 g/mol. The maximum atomic E-state index is 9.29. The van der Waals surface area contributed by atoms with Crippen LogP contribution in [0.4, 0.5) is 5.13 Å². The third-order valence-electron chi connectivity index (χ3n) is 1.31. The number of nitrogens with two attached hydrogens (primary N) is 1. The highest BCUT2D eigenvalue weighted by Gasteiger charge is 2.21. The number of hydrogen-bond acceptors (Lipinski definition) is 4. The second-order valence-corrected chi connectivity index (χ2v) is 4.49. The van der Waals surface area contributed by atoms with Crippen LogP contribution in [0.5, 0.6) is 5.88 Å². The summed E-state index contributed by atoms with van der Waals surface area (Å²) in [5.74, 6) is 0.0694. The van der Waals surface area contributed by atoms with Crippen molar-refractivity contribution in [2.45, 2.75) is 26.2 Å². The predicted molar refractivity (Wildman–Crippen MR) is 46.9 cm³/mol. The van der Waals surface area contributed by atoms with Crippen molar-refractivity contribution in [3.05, 3.63) is 4.88 Å². The minimum atomic E-state index is -0.0701. The van der Waals surface area contributed by atoms with Crippen LogP contribution in [0.3, 0.4) is 0 Å². The molecule has 0 aliphatic heterocycles. The highest BCUT2D eigenvalue weighted by atomic mass is 32.1. The van der Waals surface area contributed by atoms with Gasteiger partial charge in [-0.3, -0.25) is 0 Å². The van der Waals surface area contributed by atoms with E-state index >= 15 is 0 Å². The van der Waals surface area contributed by atoms with Crippen molar-refractivity contribution in [2.24, 2.45) is 0 Å². The van der Waals surface area contributed by atoms with E-state index in [-0.39, 0.29) is 11.3 Å². The molecular formula is C7H12N2OS. The number of rotatable bonds is 0. The van der Waals surface area contributed by atoms with Crippen molar-refractivity contribution < 1.29 is 5.11 Å². The summed E-state index contributed by atoms with van der Waals surface area (Å²) >= 11 is 1.34. The van der Waals surface area contributed by atoms with Crippen LogP contribution >= 0.6 is 11.3 Å². The Morgan fingerprint density at radius 2 is 2.00 bits per heavy atom. The Kier molecular flexibility index (Phi) is 1.80. The van der Waals surface area contributed by atoms with Gasteiger partial charge >= 0.3 is 0 Å². The van der Waals surface area contributed by atoms with E-state index in [1.165, 1.54) is 11.3 Å². The molecule has 3 nitrogen and oxygen atoms in total. The zero-order valence-electron chi connectivity index (χ0n) is 6.88. The second kappa shape index (κ2) is 2.37. The topological polar surface area (TPSA) is 59.1 Å². The molecule has 1 aromatic heterocycles. The van der Waals surface area contributed by atoms with Gasteiger partial charge in [0.15, 0.2) is 5.13 Å². The number of anilines is 1. The lowest BCUT2D eigenvalue weighted by Crippen LogP contribution is -2.08. The molecule has 0 atom stereocenters. The Hall–Kier alpha value is -0.770. The van der Waals surface area contributed by atoms with Crippen LogP contribution in [0.15, 0.2) is 0 Å². The molecule has 0 saturated carbocycles. The maximum absolute atomic E-state index is 9.29. The fraction of sp³-hybridized carbons (Fsp3) is 0.571. The van der Waals surface area contributed by atoms with E-state index in [2.05, 4.69) is 4.98 Å². The second-order valence-electron chi connectivity index (χ2n) is 3.45. The number of aromatic hydroxyl groups is 1. The fourth-order valence-corrected chi connectivity index (χ4v) is 1.60. The molecule has 0 amide bonds. The van der Waals surface area contributed by atoms with E-state index < -0.39 is 0 Å². The zero-order chi connectivity index (χ0) is 8.65. The molecule has 0 saturated heterocycles. The molecule has 62 valence electrons. The molecule has 1 heterocycles. The van der Waals surface area contributed by atoms with Gasteiger partial charge < -0.3 is 10.8 Å². The van der Waals surface area contributed by atoms with Crippen LogP contribution in [0, 0.1) is 0 Å². The van der Waals surface area contributed by atoms with Crippen molar-refractivity contribution in [3.8, 4) is 5.88 Å². The Labute approximate surface area is 69.9 Å².